The van der Waals surface area contributed by atoms with Crippen molar-refractivity contribution in [2.45, 2.75) is 25.9 Å². The number of ether oxygens (including phenoxy) is 1. The van der Waals surface area contributed by atoms with Gasteiger partial charge in [-0.05, 0) is 50.1 Å². The van der Waals surface area contributed by atoms with Crippen molar-refractivity contribution in [3.05, 3.63) is 100 Å². The van der Waals surface area contributed by atoms with Crippen molar-refractivity contribution in [1.29, 1.82) is 0 Å². The third-order valence-electron chi connectivity index (χ3n) is 6.88. The van der Waals surface area contributed by atoms with Crippen LogP contribution in [0.25, 0.3) is 5.69 Å². The lowest BCUT2D eigenvalue weighted by Gasteiger charge is -2.22. The number of benzene rings is 2. The summed E-state index contributed by atoms with van der Waals surface area (Å²) in [6.45, 7) is 1.67. The quantitative estimate of drug-likeness (QED) is 0.440. The molecule has 1 aromatic heterocycles. The molecule has 0 bridgehead atoms. The lowest BCUT2D eigenvalue weighted by Crippen LogP contribution is -2.38. The molecule has 0 spiro atoms. The number of carbonyl (C=O) groups excluding carboxylic acids is 2. The highest BCUT2D eigenvalue weighted by Gasteiger charge is 2.32. The van der Waals surface area contributed by atoms with E-state index < -0.39 is 17.3 Å². The predicted molar refractivity (Wildman–Crippen MR) is 145 cm³/mol. The molecule has 1 aliphatic carbocycles. The first-order valence-corrected chi connectivity index (χ1v) is 12.8. The van der Waals surface area contributed by atoms with Crippen LogP contribution in [0.1, 0.15) is 28.9 Å². The third-order valence-corrected chi connectivity index (χ3v) is 6.88. The summed E-state index contributed by atoms with van der Waals surface area (Å²) >= 11 is 0. The van der Waals surface area contributed by atoms with Gasteiger partial charge in [0, 0.05) is 30.8 Å². The molecule has 0 radical (unpaired) electrons. The van der Waals surface area contributed by atoms with E-state index in [1.807, 2.05) is 6.07 Å². The minimum Gasteiger partial charge on any atom is -0.435 e. The summed E-state index contributed by atoms with van der Waals surface area (Å²) in [6, 6.07) is 12.9. The number of aromatic nitrogens is 2. The van der Waals surface area contributed by atoms with Crippen molar-refractivity contribution in [3.8, 4) is 11.4 Å². The number of amides is 2. The lowest BCUT2D eigenvalue weighted by molar-refractivity contribution is -0.121. The molecule has 204 valence electrons. The van der Waals surface area contributed by atoms with Gasteiger partial charge in [-0.25, -0.2) is 14.1 Å². The maximum atomic E-state index is 15.0. The molecule has 3 heterocycles. The lowest BCUT2D eigenvalue weighted by atomic mass is 10.2. The van der Waals surface area contributed by atoms with E-state index in [0.717, 1.165) is 18.9 Å². The SMILES string of the molecule is Cc1c(C(=O)Nc2ccc(OC3=NN4C=C(NC(=O)C5CC5)NC4C=C3)c(F)c2)c(=O)n(-c2ccccc2)n1C. The van der Waals surface area contributed by atoms with E-state index in [0.29, 0.717) is 17.2 Å². The molecule has 2 aliphatic heterocycles. The van der Waals surface area contributed by atoms with Crippen molar-refractivity contribution in [1.82, 2.24) is 25.0 Å². The largest absolute Gasteiger partial charge is 0.435 e. The summed E-state index contributed by atoms with van der Waals surface area (Å²) in [4.78, 5) is 38.2. The Labute approximate surface area is 228 Å². The van der Waals surface area contributed by atoms with Crippen LogP contribution in [0.3, 0.4) is 0 Å². The summed E-state index contributed by atoms with van der Waals surface area (Å²) in [5.41, 5.74) is 0.726. The van der Waals surface area contributed by atoms with Crippen LogP contribution in [0.15, 0.2) is 82.6 Å². The number of nitrogens with one attached hydrogen (secondary N) is 3. The summed E-state index contributed by atoms with van der Waals surface area (Å²) in [6.07, 6.45) is 6.51. The molecule has 6 rings (SSSR count). The number of fused-ring (bicyclic) bond motifs is 1. The van der Waals surface area contributed by atoms with Crippen molar-refractivity contribution in [3.63, 3.8) is 0 Å². The summed E-state index contributed by atoms with van der Waals surface area (Å²) < 4.78 is 23.6. The first kappa shape index (κ1) is 25.2. The molecule has 1 atom stereocenters. The van der Waals surface area contributed by atoms with Crippen LogP contribution < -0.4 is 26.2 Å². The zero-order valence-electron chi connectivity index (χ0n) is 21.7. The molecule has 2 amide bonds. The van der Waals surface area contributed by atoms with Crippen LogP contribution in [0.5, 0.6) is 5.75 Å². The maximum Gasteiger partial charge on any atom is 0.284 e. The standard InChI is InChI=1S/C28H26FN7O4/c1-16-25(28(39)36(34(16)2)19-6-4-3-5-7-19)27(38)30-18-10-11-21(20(29)14-18)40-24-13-12-23-31-22(15-35(23)33-24)32-26(37)17-8-9-17/h3-7,10-15,17,23,31H,8-9H2,1-2H3,(H,30,38)(H,32,37). The fraction of sp³-hybridized carbons (Fsp3) is 0.214. The normalized spacial score (nSPS) is 17.5. The minimum atomic E-state index is -0.727. The summed E-state index contributed by atoms with van der Waals surface area (Å²) in [5, 5.41) is 14.5. The Hall–Kier alpha value is -5.13. The number of rotatable bonds is 6. The number of halogens is 1. The number of hydrazone groups is 1. The molecule has 2 aromatic carbocycles. The monoisotopic (exact) mass is 543 g/mol. The van der Waals surface area contributed by atoms with E-state index in [1.165, 1.54) is 16.8 Å². The number of hydrogen-bond donors (Lipinski definition) is 3. The van der Waals surface area contributed by atoms with Gasteiger partial charge in [0.15, 0.2) is 11.6 Å². The smallest absolute Gasteiger partial charge is 0.284 e. The molecule has 40 heavy (non-hydrogen) atoms. The molecule has 12 heteroatoms. The fourth-order valence-electron chi connectivity index (χ4n) is 4.52. The van der Waals surface area contributed by atoms with E-state index >= 15 is 0 Å². The Balaban J connectivity index is 1.14. The average molecular weight is 544 g/mol. The predicted octanol–water partition coefficient (Wildman–Crippen LogP) is 2.69. The summed E-state index contributed by atoms with van der Waals surface area (Å²) in [7, 11) is 1.69. The first-order valence-electron chi connectivity index (χ1n) is 12.8. The molecule has 1 fully saturated rings. The number of nitrogens with zero attached hydrogens (tertiary/aromatic N) is 4. The topological polar surface area (TPSA) is 122 Å². The molecule has 1 unspecified atom stereocenters. The first-order chi connectivity index (χ1) is 19.3. The second kappa shape index (κ2) is 9.88. The van der Waals surface area contributed by atoms with Crippen molar-refractivity contribution in [2.75, 3.05) is 5.32 Å². The Kier molecular flexibility index (Phi) is 6.21. The van der Waals surface area contributed by atoms with E-state index in [2.05, 4.69) is 21.1 Å². The molecule has 3 N–H and O–H groups in total. The zero-order chi connectivity index (χ0) is 28.0. The molecule has 1 saturated carbocycles. The van der Waals surface area contributed by atoms with Gasteiger partial charge in [-0.2, -0.15) is 0 Å². The highest BCUT2D eigenvalue weighted by Crippen LogP contribution is 2.29. The third kappa shape index (κ3) is 4.75. The second-order valence-corrected chi connectivity index (χ2v) is 9.71. The van der Waals surface area contributed by atoms with Crippen molar-refractivity contribution >= 4 is 23.4 Å². The van der Waals surface area contributed by atoms with Crippen LogP contribution in [0, 0.1) is 18.7 Å². The molecule has 3 aliphatic rings. The second-order valence-electron chi connectivity index (χ2n) is 9.71. The average Bonchev–Trinajstić information content (AvgIpc) is 3.67. The summed E-state index contributed by atoms with van der Waals surface area (Å²) in [5.74, 6) is -0.756. The van der Waals surface area contributed by atoms with Gasteiger partial charge in [0.1, 0.15) is 17.6 Å². The van der Waals surface area contributed by atoms with Gasteiger partial charge in [0.25, 0.3) is 11.5 Å². The van der Waals surface area contributed by atoms with Crippen LogP contribution in [0.4, 0.5) is 10.1 Å². The molecule has 0 saturated heterocycles. The van der Waals surface area contributed by atoms with E-state index in [1.54, 1.807) is 66.3 Å². The Morgan fingerprint density at radius 3 is 2.62 bits per heavy atom. The molecule has 11 nitrogen and oxygen atoms in total. The van der Waals surface area contributed by atoms with Crippen LogP contribution in [0.2, 0.25) is 0 Å². The number of hydrogen-bond acceptors (Lipinski definition) is 7. The van der Waals surface area contributed by atoms with Crippen molar-refractivity contribution < 1.29 is 18.7 Å². The Morgan fingerprint density at radius 2 is 1.90 bits per heavy atom. The Morgan fingerprint density at radius 1 is 1.12 bits per heavy atom. The van der Waals surface area contributed by atoms with Gasteiger partial charge in [-0.3, -0.25) is 19.1 Å². The minimum absolute atomic E-state index is 0.0263. The van der Waals surface area contributed by atoms with Gasteiger partial charge in [-0.15, -0.1) is 5.10 Å². The Bertz CT molecular complexity index is 1670. The van der Waals surface area contributed by atoms with Gasteiger partial charge >= 0.3 is 0 Å². The van der Waals surface area contributed by atoms with Gasteiger partial charge in [-0.1, -0.05) is 18.2 Å². The van der Waals surface area contributed by atoms with E-state index in [4.69, 9.17) is 4.74 Å². The van der Waals surface area contributed by atoms with Crippen LogP contribution >= 0.6 is 0 Å². The number of anilines is 1. The van der Waals surface area contributed by atoms with Crippen molar-refractivity contribution in [2.24, 2.45) is 18.1 Å². The van der Waals surface area contributed by atoms with Gasteiger partial charge in [0.05, 0.1) is 17.6 Å². The zero-order valence-corrected chi connectivity index (χ0v) is 21.7. The highest BCUT2D eigenvalue weighted by molar-refractivity contribution is 6.05. The molecular weight excluding hydrogens is 517 g/mol. The number of para-hydroxylation sites is 1. The van der Waals surface area contributed by atoms with Gasteiger partial charge < -0.3 is 20.7 Å². The van der Waals surface area contributed by atoms with E-state index in [-0.39, 0.29) is 40.9 Å². The molecule has 3 aromatic rings. The highest BCUT2D eigenvalue weighted by atomic mass is 19.1. The number of carbonyl (C=O) groups is 2. The van der Waals surface area contributed by atoms with Gasteiger partial charge in [0.2, 0.25) is 11.8 Å². The van der Waals surface area contributed by atoms with Crippen LogP contribution in [-0.4, -0.2) is 38.3 Å². The van der Waals surface area contributed by atoms with Crippen LogP contribution in [-0.2, 0) is 11.8 Å². The fourth-order valence-corrected chi connectivity index (χ4v) is 4.52. The molecular formula is C28H26FN7O4. The maximum absolute atomic E-state index is 15.0. The van der Waals surface area contributed by atoms with E-state index in [9.17, 15) is 18.8 Å².